The van der Waals surface area contributed by atoms with Crippen LogP contribution in [0.1, 0.15) is 17.5 Å². The van der Waals surface area contributed by atoms with E-state index in [2.05, 4.69) is 18.2 Å². The van der Waals surface area contributed by atoms with Crippen LogP contribution in [0, 0.1) is 0 Å². The van der Waals surface area contributed by atoms with Crippen molar-refractivity contribution in [1.29, 1.82) is 0 Å². The van der Waals surface area contributed by atoms with Crippen LogP contribution in [0.3, 0.4) is 0 Å². The first-order chi connectivity index (χ1) is 8.83. The number of hydrogen-bond acceptors (Lipinski definition) is 2. The predicted molar refractivity (Wildman–Crippen MR) is 73.2 cm³/mol. The Kier molecular flexibility index (Phi) is 4.51. The monoisotopic (exact) mass is 242 g/mol. The molecule has 0 heterocycles. The van der Waals surface area contributed by atoms with E-state index in [0.717, 1.165) is 24.0 Å². The zero-order chi connectivity index (χ0) is 12.8. The van der Waals surface area contributed by atoms with Gasteiger partial charge in [-0.25, -0.2) is 0 Å². The third-order valence-corrected chi connectivity index (χ3v) is 3.02. The molecule has 0 atom stereocenters. The molecule has 0 aliphatic heterocycles. The summed E-state index contributed by atoms with van der Waals surface area (Å²) in [6, 6.07) is 16.3. The molecular formula is C16H18O2. The topological polar surface area (TPSA) is 40.5 Å². The fraction of sp³-hybridized carbons (Fsp3) is 0.250. The molecule has 0 saturated heterocycles. The second-order valence-electron chi connectivity index (χ2n) is 4.38. The van der Waals surface area contributed by atoms with Gasteiger partial charge in [0.15, 0.2) is 0 Å². The lowest BCUT2D eigenvalue weighted by molar-refractivity contribution is 0.282. The lowest BCUT2D eigenvalue weighted by atomic mass is 10.0. The van der Waals surface area contributed by atoms with E-state index in [0.29, 0.717) is 0 Å². The molecule has 94 valence electrons. The van der Waals surface area contributed by atoms with E-state index < -0.39 is 0 Å². The minimum Gasteiger partial charge on any atom is -0.396 e. The summed E-state index contributed by atoms with van der Waals surface area (Å²) in [5.74, 6) is 0. The van der Waals surface area contributed by atoms with Crippen molar-refractivity contribution in [3.05, 3.63) is 59.7 Å². The van der Waals surface area contributed by atoms with Gasteiger partial charge in [-0.05, 0) is 35.1 Å². The molecule has 2 aromatic carbocycles. The van der Waals surface area contributed by atoms with Crippen LogP contribution in [0.25, 0.3) is 11.1 Å². The molecule has 2 heteroatoms. The molecule has 0 bridgehead atoms. The van der Waals surface area contributed by atoms with Gasteiger partial charge in [0.05, 0.1) is 6.61 Å². The van der Waals surface area contributed by atoms with Gasteiger partial charge in [0.1, 0.15) is 0 Å². The fourth-order valence-corrected chi connectivity index (χ4v) is 1.99. The Hall–Kier alpha value is -1.64. The highest BCUT2D eigenvalue weighted by molar-refractivity contribution is 5.64. The van der Waals surface area contributed by atoms with E-state index in [1.54, 1.807) is 0 Å². The fourth-order valence-electron chi connectivity index (χ4n) is 1.99. The average Bonchev–Trinajstić information content (AvgIpc) is 2.45. The molecule has 0 aliphatic rings. The van der Waals surface area contributed by atoms with Crippen LogP contribution >= 0.6 is 0 Å². The van der Waals surface area contributed by atoms with Crippen LogP contribution in [0.5, 0.6) is 0 Å². The Labute approximate surface area is 108 Å². The Balaban J connectivity index is 2.20. The Morgan fingerprint density at radius 3 is 2.22 bits per heavy atom. The lowest BCUT2D eigenvalue weighted by Crippen LogP contribution is -1.90. The highest BCUT2D eigenvalue weighted by Gasteiger charge is 2.00. The molecule has 0 saturated carbocycles. The van der Waals surface area contributed by atoms with Crippen molar-refractivity contribution in [3.8, 4) is 11.1 Å². The third kappa shape index (κ3) is 3.19. The van der Waals surface area contributed by atoms with Gasteiger partial charge in [0.2, 0.25) is 0 Å². The molecule has 0 radical (unpaired) electrons. The number of hydrogen-bond donors (Lipinski definition) is 2. The molecule has 2 nitrogen and oxygen atoms in total. The van der Waals surface area contributed by atoms with Crippen LogP contribution in [-0.2, 0) is 13.0 Å². The zero-order valence-corrected chi connectivity index (χ0v) is 10.3. The maximum atomic E-state index is 9.02. The predicted octanol–water partition coefficient (Wildman–Crippen LogP) is 2.77. The molecular weight excluding hydrogens is 224 g/mol. The van der Waals surface area contributed by atoms with Gasteiger partial charge in [-0.3, -0.25) is 0 Å². The van der Waals surface area contributed by atoms with Crippen molar-refractivity contribution >= 4 is 0 Å². The van der Waals surface area contributed by atoms with E-state index in [1.807, 2.05) is 30.3 Å². The van der Waals surface area contributed by atoms with Gasteiger partial charge >= 0.3 is 0 Å². The molecule has 0 fully saturated rings. The first-order valence-corrected chi connectivity index (χ1v) is 6.23. The normalized spacial score (nSPS) is 10.6. The van der Waals surface area contributed by atoms with Crippen molar-refractivity contribution < 1.29 is 10.2 Å². The van der Waals surface area contributed by atoms with Crippen molar-refractivity contribution in [1.82, 2.24) is 0 Å². The summed E-state index contributed by atoms with van der Waals surface area (Å²) in [5.41, 5.74) is 4.50. The van der Waals surface area contributed by atoms with Gasteiger partial charge in [-0.15, -0.1) is 0 Å². The van der Waals surface area contributed by atoms with Gasteiger partial charge in [0.25, 0.3) is 0 Å². The molecule has 0 aromatic heterocycles. The maximum Gasteiger partial charge on any atom is 0.0681 e. The van der Waals surface area contributed by atoms with Crippen molar-refractivity contribution in [2.24, 2.45) is 0 Å². The van der Waals surface area contributed by atoms with Crippen LogP contribution < -0.4 is 0 Å². The number of aliphatic hydroxyl groups is 2. The van der Waals surface area contributed by atoms with Crippen molar-refractivity contribution in [2.45, 2.75) is 19.4 Å². The Morgan fingerprint density at radius 2 is 1.56 bits per heavy atom. The molecule has 18 heavy (non-hydrogen) atoms. The second kappa shape index (κ2) is 6.34. The first-order valence-electron chi connectivity index (χ1n) is 6.23. The molecule has 2 N–H and O–H groups in total. The van der Waals surface area contributed by atoms with Crippen LogP contribution in [0.2, 0.25) is 0 Å². The van der Waals surface area contributed by atoms with E-state index in [1.165, 1.54) is 11.1 Å². The van der Waals surface area contributed by atoms with Crippen LogP contribution in [-0.4, -0.2) is 16.8 Å². The highest BCUT2D eigenvalue weighted by Crippen LogP contribution is 2.21. The van der Waals surface area contributed by atoms with Gasteiger partial charge in [-0.1, -0.05) is 48.5 Å². The SMILES string of the molecule is OCCCc1cccc(-c2ccc(CO)cc2)c1. The molecule has 0 spiro atoms. The molecule has 0 unspecified atom stereocenters. The summed E-state index contributed by atoms with van der Waals surface area (Å²) in [7, 11) is 0. The van der Waals surface area contributed by atoms with Crippen LogP contribution in [0.4, 0.5) is 0 Å². The first kappa shape index (κ1) is 12.8. The van der Waals surface area contributed by atoms with Gasteiger partial charge in [-0.2, -0.15) is 0 Å². The molecule has 0 aliphatic carbocycles. The minimum atomic E-state index is 0.0802. The summed E-state index contributed by atoms with van der Waals surface area (Å²) < 4.78 is 0. The summed E-state index contributed by atoms with van der Waals surface area (Å²) in [6.07, 6.45) is 1.70. The van der Waals surface area contributed by atoms with Crippen LogP contribution in [0.15, 0.2) is 48.5 Å². The summed E-state index contributed by atoms with van der Waals surface area (Å²) >= 11 is 0. The summed E-state index contributed by atoms with van der Waals surface area (Å²) in [6.45, 7) is 0.312. The molecule has 2 rings (SSSR count). The van der Waals surface area contributed by atoms with Crippen molar-refractivity contribution in [3.63, 3.8) is 0 Å². The largest absolute Gasteiger partial charge is 0.396 e. The minimum absolute atomic E-state index is 0.0802. The van der Waals surface area contributed by atoms with E-state index in [9.17, 15) is 0 Å². The average molecular weight is 242 g/mol. The van der Waals surface area contributed by atoms with E-state index in [4.69, 9.17) is 10.2 Å². The number of benzene rings is 2. The second-order valence-corrected chi connectivity index (χ2v) is 4.38. The molecule has 0 amide bonds. The highest BCUT2D eigenvalue weighted by atomic mass is 16.3. The maximum absolute atomic E-state index is 9.02. The number of aliphatic hydroxyl groups excluding tert-OH is 2. The third-order valence-electron chi connectivity index (χ3n) is 3.02. The zero-order valence-electron chi connectivity index (χ0n) is 10.3. The molecule has 2 aromatic rings. The van der Waals surface area contributed by atoms with E-state index >= 15 is 0 Å². The Morgan fingerprint density at radius 1 is 0.778 bits per heavy atom. The van der Waals surface area contributed by atoms with Gasteiger partial charge < -0.3 is 10.2 Å². The Bertz CT molecular complexity index is 489. The number of aryl methyl sites for hydroxylation is 1. The standard InChI is InChI=1S/C16H18O2/c17-10-2-4-13-3-1-5-16(11-13)15-8-6-14(12-18)7-9-15/h1,3,5-9,11,17-18H,2,4,10,12H2. The van der Waals surface area contributed by atoms with E-state index in [-0.39, 0.29) is 13.2 Å². The number of rotatable bonds is 5. The van der Waals surface area contributed by atoms with Gasteiger partial charge in [0, 0.05) is 6.61 Å². The quantitative estimate of drug-likeness (QED) is 0.846. The smallest absolute Gasteiger partial charge is 0.0681 e. The lowest BCUT2D eigenvalue weighted by Gasteiger charge is -2.06. The van der Waals surface area contributed by atoms with Crippen molar-refractivity contribution in [2.75, 3.05) is 6.61 Å². The summed E-state index contributed by atoms with van der Waals surface area (Å²) in [5, 5.41) is 17.9. The summed E-state index contributed by atoms with van der Waals surface area (Å²) in [4.78, 5) is 0.